The SMILES string of the molecule is CCN(CC)CCNC(=O)c1cccc(-c2ccc(O)c3c2CC2C[C@H]4C(N(C)C)C(O)=C(C)C(=O)[C@@]4(O)C(N=O)=C2C3=O)c1. The summed E-state index contributed by atoms with van der Waals surface area (Å²) in [6.07, 6.45) is 0.301. The zero-order chi connectivity index (χ0) is 32.8. The summed E-state index contributed by atoms with van der Waals surface area (Å²) in [6.45, 7) is 8.50. The molecule has 11 heteroatoms. The van der Waals surface area contributed by atoms with E-state index < -0.39 is 40.7 Å². The molecule has 0 saturated heterocycles. The highest BCUT2D eigenvalue weighted by Gasteiger charge is 2.62. The van der Waals surface area contributed by atoms with Gasteiger partial charge < -0.3 is 25.5 Å². The van der Waals surface area contributed by atoms with Gasteiger partial charge in [-0.1, -0.05) is 32.0 Å². The number of rotatable bonds is 9. The number of amides is 1. The number of nitroso groups, excluding NO2 is 1. The maximum absolute atomic E-state index is 14.1. The molecule has 238 valence electrons. The molecule has 2 aromatic rings. The molecule has 0 saturated carbocycles. The van der Waals surface area contributed by atoms with Crippen LogP contribution in [0.2, 0.25) is 0 Å². The highest BCUT2D eigenvalue weighted by atomic mass is 16.3. The number of phenols is 1. The van der Waals surface area contributed by atoms with Crippen LogP contribution in [-0.4, -0.2) is 94.5 Å². The number of benzene rings is 2. The summed E-state index contributed by atoms with van der Waals surface area (Å²) in [5.41, 5.74) is -0.914. The van der Waals surface area contributed by atoms with E-state index >= 15 is 0 Å². The van der Waals surface area contributed by atoms with Gasteiger partial charge in [0.1, 0.15) is 17.2 Å². The Bertz CT molecular complexity index is 1640. The Morgan fingerprint density at radius 2 is 1.82 bits per heavy atom. The molecule has 3 aliphatic carbocycles. The first-order valence-electron chi connectivity index (χ1n) is 15.3. The van der Waals surface area contributed by atoms with E-state index in [0.717, 1.165) is 19.6 Å². The molecule has 0 spiro atoms. The number of aliphatic hydroxyl groups is 2. The molecule has 4 N–H and O–H groups in total. The number of hydrogen-bond donors (Lipinski definition) is 4. The first kappa shape index (κ1) is 32.2. The van der Waals surface area contributed by atoms with Crippen molar-refractivity contribution in [1.29, 1.82) is 0 Å². The highest BCUT2D eigenvalue weighted by molar-refractivity contribution is 6.16. The summed E-state index contributed by atoms with van der Waals surface area (Å²) in [5, 5.41) is 39.8. The third kappa shape index (κ3) is 5.18. The van der Waals surface area contributed by atoms with E-state index in [9.17, 15) is 34.6 Å². The average Bonchev–Trinajstić information content (AvgIpc) is 3.02. The molecule has 0 aliphatic heterocycles. The number of likely N-dealkylation sites (N-methyl/N-ethyl adjacent to an activating group) is 2. The second kappa shape index (κ2) is 12.3. The number of ketones is 2. The third-order valence-electron chi connectivity index (χ3n) is 9.74. The molecule has 0 radical (unpaired) electrons. The van der Waals surface area contributed by atoms with Crippen molar-refractivity contribution in [2.75, 3.05) is 40.3 Å². The number of aromatic hydroxyl groups is 1. The maximum atomic E-state index is 14.1. The van der Waals surface area contributed by atoms with Crippen LogP contribution < -0.4 is 5.32 Å². The number of hydrogen-bond acceptors (Lipinski definition) is 10. The van der Waals surface area contributed by atoms with E-state index in [-0.39, 0.29) is 47.0 Å². The molecule has 11 nitrogen and oxygen atoms in total. The summed E-state index contributed by atoms with van der Waals surface area (Å²) in [5.74, 6) is -3.86. The van der Waals surface area contributed by atoms with Crippen molar-refractivity contribution in [3.05, 3.63) is 80.6 Å². The van der Waals surface area contributed by atoms with Crippen molar-refractivity contribution < 1.29 is 29.7 Å². The smallest absolute Gasteiger partial charge is 0.251 e. The second-order valence-corrected chi connectivity index (χ2v) is 12.3. The third-order valence-corrected chi connectivity index (χ3v) is 9.74. The Balaban J connectivity index is 1.57. The van der Waals surface area contributed by atoms with Gasteiger partial charge in [0.2, 0.25) is 0 Å². The van der Waals surface area contributed by atoms with Gasteiger partial charge >= 0.3 is 0 Å². The van der Waals surface area contributed by atoms with Crippen LogP contribution in [0, 0.1) is 16.7 Å². The topological polar surface area (TPSA) is 160 Å². The average molecular weight is 617 g/mol. The van der Waals surface area contributed by atoms with Crippen LogP contribution in [0.15, 0.2) is 64.2 Å². The molecule has 3 aliphatic rings. The van der Waals surface area contributed by atoms with E-state index in [0.29, 0.717) is 28.8 Å². The van der Waals surface area contributed by atoms with E-state index in [1.165, 1.54) is 13.0 Å². The van der Waals surface area contributed by atoms with Crippen molar-refractivity contribution in [2.24, 2.45) is 17.0 Å². The molecule has 5 rings (SSSR count). The number of phenolic OH excluding ortho intramolecular Hbond substituents is 1. The predicted octanol–water partition coefficient (Wildman–Crippen LogP) is 3.60. The molecule has 0 heterocycles. The van der Waals surface area contributed by atoms with Crippen molar-refractivity contribution in [1.82, 2.24) is 15.1 Å². The molecule has 0 aromatic heterocycles. The molecule has 1 amide bonds. The van der Waals surface area contributed by atoms with Gasteiger partial charge in [-0.15, -0.1) is 4.91 Å². The van der Waals surface area contributed by atoms with Crippen LogP contribution in [0.3, 0.4) is 0 Å². The van der Waals surface area contributed by atoms with E-state index in [1.54, 1.807) is 43.3 Å². The molecule has 0 bridgehead atoms. The number of aliphatic hydroxyl groups excluding tert-OH is 1. The molecular weight excluding hydrogens is 576 g/mol. The number of allylic oxidation sites excluding steroid dienone is 1. The second-order valence-electron chi connectivity index (χ2n) is 12.3. The fourth-order valence-electron chi connectivity index (χ4n) is 7.37. The number of nitrogens with one attached hydrogen (secondary N) is 1. The Kier molecular flexibility index (Phi) is 8.81. The molecule has 0 fully saturated rings. The first-order valence-corrected chi connectivity index (χ1v) is 15.3. The number of fused-ring (bicyclic) bond motifs is 3. The fourth-order valence-corrected chi connectivity index (χ4v) is 7.37. The predicted molar refractivity (Wildman–Crippen MR) is 169 cm³/mol. The minimum Gasteiger partial charge on any atom is -0.510 e. The van der Waals surface area contributed by atoms with Crippen LogP contribution in [-0.2, 0) is 11.2 Å². The molecule has 2 aromatic carbocycles. The molecular formula is C34H40N4O7. The monoisotopic (exact) mass is 616 g/mol. The highest BCUT2D eigenvalue weighted by Crippen LogP contribution is 2.54. The Labute approximate surface area is 262 Å². The van der Waals surface area contributed by atoms with Crippen molar-refractivity contribution in [3.8, 4) is 16.9 Å². The largest absolute Gasteiger partial charge is 0.510 e. The van der Waals surface area contributed by atoms with Gasteiger partial charge in [0.05, 0.1) is 11.6 Å². The lowest BCUT2D eigenvalue weighted by Gasteiger charge is -2.50. The lowest BCUT2D eigenvalue weighted by Crippen LogP contribution is -2.62. The van der Waals surface area contributed by atoms with Gasteiger partial charge in [0, 0.05) is 35.7 Å². The fraction of sp³-hybridized carbons (Fsp3) is 0.441. The van der Waals surface area contributed by atoms with Gasteiger partial charge in [-0.3, -0.25) is 19.3 Å². The normalized spacial score (nSPS) is 24.5. The van der Waals surface area contributed by atoms with Gasteiger partial charge in [0.25, 0.3) is 5.91 Å². The van der Waals surface area contributed by atoms with E-state index in [1.807, 2.05) is 6.07 Å². The standard InChI is InChI=1S/C34H40N4O7/c1-6-38(7-2)14-13-35-33(43)20-10-8-9-19(15-20)22-11-12-25(39)27-23(22)16-21-17-24-28(37(4)5)29(40)18(3)32(42)34(24,44)31(36-45)26(21)30(27)41/h8-12,15,21,24,28,39-40,44H,6-7,13-14,16-17H2,1-5H3,(H,35,43)/t21?,24-,28?,34-/m0/s1. The van der Waals surface area contributed by atoms with Gasteiger partial charge in [-0.05, 0) is 92.9 Å². The minimum atomic E-state index is -2.41. The lowest BCUT2D eigenvalue weighted by atomic mass is 9.58. The summed E-state index contributed by atoms with van der Waals surface area (Å²) < 4.78 is 0. The van der Waals surface area contributed by atoms with Crippen LogP contribution in [0.25, 0.3) is 11.1 Å². The van der Waals surface area contributed by atoms with Crippen LogP contribution >= 0.6 is 0 Å². The van der Waals surface area contributed by atoms with Crippen LogP contribution in [0.1, 0.15) is 53.5 Å². The Hall–Kier alpha value is -4.19. The quantitative estimate of drug-likeness (QED) is 0.309. The van der Waals surface area contributed by atoms with Crippen molar-refractivity contribution in [3.63, 3.8) is 0 Å². The molecule has 2 unspecified atom stereocenters. The Morgan fingerprint density at radius 3 is 2.47 bits per heavy atom. The number of nitrogens with zero attached hydrogens (tertiary/aromatic N) is 3. The zero-order valence-electron chi connectivity index (χ0n) is 26.3. The lowest BCUT2D eigenvalue weighted by molar-refractivity contribution is -0.142. The summed E-state index contributed by atoms with van der Waals surface area (Å²) >= 11 is 0. The van der Waals surface area contributed by atoms with Crippen LogP contribution in [0.4, 0.5) is 0 Å². The Morgan fingerprint density at radius 1 is 1.11 bits per heavy atom. The van der Waals surface area contributed by atoms with Gasteiger partial charge in [0.15, 0.2) is 17.2 Å². The van der Waals surface area contributed by atoms with Crippen LogP contribution in [0.5, 0.6) is 5.75 Å². The number of carbonyl (C=O) groups excluding carboxylic acids is 3. The maximum Gasteiger partial charge on any atom is 0.251 e. The summed E-state index contributed by atoms with van der Waals surface area (Å²) in [7, 11) is 3.39. The van der Waals surface area contributed by atoms with Crippen molar-refractivity contribution >= 4 is 17.5 Å². The van der Waals surface area contributed by atoms with Gasteiger partial charge in [-0.25, -0.2) is 0 Å². The number of carbonyl (C=O) groups is 3. The summed E-state index contributed by atoms with van der Waals surface area (Å²) in [6, 6.07) is 9.30. The number of Topliss-reactive ketones (excluding diaryl/α,β-unsaturated/α-hetero) is 2. The zero-order valence-corrected chi connectivity index (χ0v) is 26.3. The summed E-state index contributed by atoms with van der Waals surface area (Å²) in [4.78, 5) is 56.9. The molecule has 45 heavy (non-hydrogen) atoms. The minimum absolute atomic E-state index is 0.0291. The first-order chi connectivity index (χ1) is 21.4. The van der Waals surface area contributed by atoms with Crippen molar-refractivity contribution in [2.45, 2.75) is 45.3 Å². The van der Waals surface area contributed by atoms with Gasteiger partial charge in [-0.2, -0.15) is 0 Å². The van der Waals surface area contributed by atoms with E-state index in [2.05, 4.69) is 29.2 Å². The van der Waals surface area contributed by atoms with E-state index in [4.69, 9.17) is 0 Å². The molecule has 4 atom stereocenters.